The predicted molar refractivity (Wildman–Crippen MR) is 129 cm³/mol. The second-order valence-electron chi connectivity index (χ2n) is 8.34. The summed E-state index contributed by atoms with van der Waals surface area (Å²) in [6.07, 6.45) is 2.84. The summed E-state index contributed by atoms with van der Waals surface area (Å²) >= 11 is 0. The Morgan fingerprint density at radius 1 is 1.31 bits per heavy atom. The van der Waals surface area contributed by atoms with Crippen molar-refractivity contribution in [3.05, 3.63) is 0 Å². The molecule has 2 unspecified atom stereocenters. The van der Waals surface area contributed by atoms with Crippen LogP contribution in [0.15, 0.2) is 4.99 Å². The fraction of sp³-hybridized carbons (Fsp3) is 0.900. The molecule has 1 saturated heterocycles. The van der Waals surface area contributed by atoms with E-state index in [1.807, 2.05) is 27.7 Å². The summed E-state index contributed by atoms with van der Waals surface area (Å²) in [6, 6.07) is 0.0835. The topological polar surface area (TPSA) is 87.2 Å². The van der Waals surface area contributed by atoms with Crippen molar-refractivity contribution in [1.82, 2.24) is 20.9 Å². The molecule has 0 aliphatic carbocycles. The first-order valence-corrected chi connectivity index (χ1v) is 10.5. The number of nitrogens with one attached hydrogen (secondary N) is 3. The number of amides is 1. The van der Waals surface area contributed by atoms with Crippen LogP contribution < -0.4 is 16.0 Å². The zero-order chi connectivity index (χ0) is 21.0. The smallest absolute Gasteiger partial charge is 0.407 e. The van der Waals surface area contributed by atoms with Crippen molar-refractivity contribution in [3.63, 3.8) is 0 Å². The van der Waals surface area contributed by atoms with Gasteiger partial charge in [-0.15, -0.1) is 24.0 Å². The number of likely N-dealkylation sites (N-methyl/N-ethyl adjacent to an activating group) is 1. The summed E-state index contributed by atoms with van der Waals surface area (Å²) in [5.41, 5.74) is -0.500. The first-order chi connectivity index (χ1) is 13.2. The molecule has 1 aliphatic rings. The third-order valence-corrected chi connectivity index (χ3v) is 4.28. The number of halogens is 1. The SMILES string of the molecule is CCCCC(CNC(=O)OC(C)(C)C)NC(=NCC1CN(C)CCO1)NCC.I. The molecule has 172 valence electrons. The Morgan fingerprint density at radius 3 is 2.62 bits per heavy atom. The standard InChI is InChI=1S/C20H41N5O3.HI/c1-7-9-10-16(13-23-19(26)28-20(3,4)5)24-18(21-8-2)22-14-17-15-25(6)11-12-27-17;/h16-17H,7-15H2,1-6H3,(H,23,26)(H2,21,22,24);1H. The van der Waals surface area contributed by atoms with Gasteiger partial charge in [-0.3, -0.25) is 4.99 Å². The highest BCUT2D eigenvalue weighted by molar-refractivity contribution is 14.0. The second kappa shape index (κ2) is 15.1. The van der Waals surface area contributed by atoms with Gasteiger partial charge in [-0.2, -0.15) is 0 Å². The lowest BCUT2D eigenvalue weighted by molar-refractivity contribution is -0.0136. The van der Waals surface area contributed by atoms with Crippen molar-refractivity contribution in [2.24, 2.45) is 4.99 Å². The van der Waals surface area contributed by atoms with Crippen LogP contribution in [0.1, 0.15) is 53.9 Å². The van der Waals surface area contributed by atoms with Crippen LogP contribution in [0.2, 0.25) is 0 Å². The van der Waals surface area contributed by atoms with Gasteiger partial charge in [0.2, 0.25) is 0 Å². The van der Waals surface area contributed by atoms with E-state index in [0.717, 1.165) is 51.5 Å². The van der Waals surface area contributed by atoms with Crippen LogP contribution in [-0.2, 0) is 9.47 Å². The van der Waals surface area contributed by atoms with Gasteiger partial charge in [-0.1, -0.05) is 19.8 Å². The van der Waals surface area contributed by atoms with Gasteiger partial charge < -0.3 is 30.3 Å². The molecule has 9 heteroatoms. The molecule has 3 N–H and O–H groups in total. The van der Waals surface area contributed by atoms with Gasteiger partial charge in [0.05, 0.1) is 19.3 Å². The van der Waals surface area contributed by atoms with E-state index >= 15 is 0 Å². The third kappa shape index (κ3) is 13.9. The number of unbranched alkanes of at least 4 members (excludes halogenated alkanes) is 1. The Morgan fingerprint density at radius 2 is 2.03 bits per heavy atom. The molecule has 29 heavy (non-hydrogen) atoms. The van der Waals surface area contributed by atoms with Crippen LogP contribution in [0.5, 0.6) is 0 Å². The number of alkyl carbamates (subject to hydrolysis) is 1. The highest BCUT2D eigenvalue weighted by Crippen LogP contribution is 2.07. The van der Waals surface area contributed by atoms with Gasteiger partial charge in [-0.05, 0) is 41.2 Å². The number of morpholine rings is 1. The minimum atomic E-state index is -0.500. The molecular formula is C20H42IN5O3. The van der Waals surface area contributed by atoms with Gasteiger partial charge in [-0.25, -0.2) is 4.79 Å². The van der Waals surface area contributed by atoms with Crippen LogP contribution in [-0.4, -0.2) is 81.1 Å². The minimum Gasteiger partial charge on any atom is -0.444 e. The van der Waals surface area contributed by atoms with E-state index in [0.29, 0.717) is 13.1 Å². The number of carbonyl (C=O) groups excluding carboxylic acids is 1. The van der Waals surface area contributed by atoms with Gasteiger partial charge in [0, 0.05) is 32.2 Å². The molecule has 0 aromatic heterocycles. The highest BCUT2D eigenvalue weighted by Gasteiger charge is 2.19. The van der Waals surface area contributed by atoms with Crippen molar-refractivity contribution >= 4 is 36.0 Å². The summed E-state index contributed by atoms with van der Waals surface area (Å²) in [4.78, 5) is 19.0. The number of hydrogen-bond donors (Lipinski definition) is 3. The number of guanidine groups is 1. The van der Waals surface area contributed by atoms with E-state index in [9.17, 15) is 4.79 Å². The molecule has 1 rings (SSSR count). The largest absolute Gasteiger partial charge is 0.444 e. The quantitative estimate of drug-likeness (QED) is 0.243. The molecule has 0 radical (unpaired) electrons. The molecule has 0 aromatic rings. The number of aliphatic imine (C=N–C) groups is 1. The van der Waals surface area contributed by atoms with Crippen LogP contribution in [0.4, 0.5) is 4.79 Å². The normalized spacial score (nSPS) is 19.1. The Balaban J connectivity index is 0.00000784. The number of rotatable bonds is 9. The lowest BCUT2D eigenvalue weighted by atomic mass is 10.1. The molecule has 2 atom stereocenters. The Kier molecular flexibility index (Phi) is 14.6. The number of carbonyl (C=O) groups is 1. The second-order valence-corrected chi connectivity index (χ2v) is 8.34. The zero-order valence-corrected chi connectivity index (χ0v) is 21.4. The summed E-state index contributed by atoms with van der Waals surface area (Å²) in [5, 5.41) is 9.62. The molecule has 0 bridgehead atoms. The third-order valence-electron chi connectivity index (χ3n) is 4.28. The maximum Gasteiger partial charge on any atom is 0.407 e. The summed E-state index contributed by atoms with van der Waals surface area (Å²) in [5.74, 6) is 0.756. The van der Waals surface area contributed by atoms with Crippen molar-refractivity contribution in [1.29, 1.82) is 0 Å². The molecule has 1 amide bonds. The first kappa shape index (κ1) is 28.2. The highest BCUT2D eigenvalue weighted by atomic mass is 127. The van der Waals surface area contributed by atoms with Crippen molar-refractivity contribution < 1.29 is 14.3 Å². The van der Waals surface area contributed by atoms with Gasteiger partial charge >= 0.3 is 6.09 Å². The molecule has 8 nitrogen and oxygen atoms in total. The Labute approximate surface area is 194 Å². The molecule has 0 aromatic carbocycles. The first-order valence-electron chi connectivity index (χ1n) is 10.5. The Bertz CT molecular complexity index is 485. The van der Waals surface area contributed by atoms with Crippen molar-refractivity contribution in [2.75, 3.05) is 46.4 Å². The maximum absolute atomic E-state index is 12.0. The van der Waals surface area contributed by atoms with E-state index in [1.165, 1.54) is 0 Å². The summed E-state index contributed by atoms with van der Waals surface area (Å²) in [7, 11) is 2.10. The average molecular weight is 527 g/mol. The Hall–Kier alpha value is -0.810. The van der Waals surface area contributed by atoms with Crippen molar-refractivity contribution in [3.8, 4) is 0 Å². The van der Waals surface area contributed by atoms with E-state index in [-0.39, 0.29) is 36.1 Å². The lowest BCUT2D eigenvalue weighted by Crippen LogP contribution is -2.49. The molecule has 1 heterocycles. The van der Waals surface area contributed by atoms with Gasteiger partial charge in [0.25, 0.3) is 0 Å². The van der Waals surface area contributed by atoms with E-state index in [2.05, 4.69) is 34.8 Å². The van der Waals surface area contributed by atoms with Crippen LogP contribution in [0.25, 0.3) is 0 Å². The summed E-state index contributed by atoms with van der Waals surface area (Å²) < 4.78 is 11.1. The molecule has 0 spiro atoms. The van der Waals surface area contributed by atoms with Gasteiger partial charge in [0.15, 0.2) is 5.96 Å². The molecule has 1 fully saturated rings. The zero-order valence-electron chi connectivity index (χ0n) is 19.0. The van der Waals surface area contributed by atoms with E-state index in [4.69, 9.17) is 14.5 Å². The van der Waals surface area contributed by atoms with Crippen LogP contribution in [0, 0.1) is 0 Å². The van der Waals surface area contributed by atoms with E-state index in [1.54, 1.807) is 0 Å². The number of nitrogens with zero attached hydrogens (tertiary/aromatic N) is 2. The predicted octanol–water partition coefficient (Wildman–Crippen LogP) is 2.57. The van der Waals surface area contributed by atoms with Crippen LogP contribution in [0.3, 0.4) is 0 Å². The maximum atomic E-state index is 12.0. The molecular weight excluding hydrogens is 485 g/mol. The number of ether oxygens (including phenoxy) is 2. The summed E-state index contributed by atoms with van der Waals surface area (Å²) in [6.45, 7) is 14.3. The lowest BCUT2D eigenvalue weighted by Gasteiger charge is -2.29. The van der Waals surface area contributed by atoms with Crippen LogP contribution >= 0.6 is 24.0 Å². The van der Waals surface area contributed by atoms with Crippen molar-refractivity contribution in [2.45, 2.75) is 71.6 Å². The fourth-order valence-electron chi connectivity index (χ4n) is 2.88. The average Bonchev–Trinajstić information content (AvgIpc) is 2.60. The molecule has 0 saturated carbocycles. The van der Waals surface area contributed by atoms with E-state index < -0.39 is 11.7 Å². The number of hydrogen-bond acceptors (Lipinski definition) is 5. The van der Waals surface area contributed by atoms with Gasteiger partial charge in [0.1, 0.15) is 5.60 Å². The monoisotopic (exact) mass is 527 g/mol. The molecule has 1 aliphatic heterocycles. The fourth-order valence-corrected chi connectivity index (χ4v) is 2.88. The minimum absolute atomic E-state index is 0.